The fourth-order valence-electron chi connectivity index (χ4n) is 1.80. The van der Waals surface area contributed by atoms with Gasteiger partial charge in [0.2, 0.25) is 0 Å². The molecule has 1 fully saturated rings. The fraction of sp³-hybridized carbons (Fsp3) is 0.214. The first-order valence-corrected chi connectivity index (χ1v) is 7.27. The number of ether oxygens (including phenoxy) is 1. The Morgan fingerprint density at radius 2 is 2.05 bits per heavy atom. The van der Waals surface area contributed by atoms with E-state index in [4.69, 9.17) is 12.2 Å². The van der Waals surface area contributed by atoms with Crippen molar-refractivity contribution in [3.8, 4) is 0 Å². The second-order valence-electron chi connectivity index (χ2n) is 4.30. The van der Waals surface area contributed by atoms with E-state index in [1.807, 2.05) is 0 Å². The maximum absolute atomic E-state index is 12.9. The van der Waals surface area contributed by atoms with Crippen molar-refractivity contribution < 1.29 is 18.7 Å². The number of methoxy groups -OCH3 is 1. The zero-order chi connectivity index (χ0) is 15.6. The SMILES string of the molecule is COC(=O)[C@@H](C)N1C(=O)/C(=C\c2ccc(F)cc2)SC1=S. The van der Waals surface area contributed by atoms with Crippen LogP contribution in [0, 0.1) is 5.82 Å². The predicted octanol–water partition coefficient (Wildman–Crippen LogP) is 2.59. The van der Waals surface area contributed by atoms with Crippen molar-refractivity contribution in [2.75, 3.05) is 7.11 Å². The Bertz CT molecular complexity index is 628. The molecule has 0 N–H and O–H groups in total. The number of carbonyl (C=O) groups excluding carboxylic acids is 2. The number of hydrogen-bond donors (Lipinski definition) is 0. The fourth-order valence-corrected chi connectivity index (χ4v) is 3.22. The van der Waals surface area contributed by atoms with Crippen LogP contribution in [0.4, 0.5) is 4.39 Å². The van der Waals surface area contributed by atoms with E-state index in [-0.39, 0.29) is 11.7 Å². The molecule has 1 atom stereocenters. The summed E-state index contributed by atoms with van der Waals surface area (Å²) in [7, 11) is 1.25. The monoisotopic (exact) mass is 325 g/mol. The molecule has 1 aliphatic heterocycles. The summed E-state index contributed by atoms with van der Waals surface area (Å²) in [5.41, 5.74) is 0.683. The summed E-state index contributed by atoms with van der Waals surface area (Å²) in [4.78, 5) is 25.5. The second kappa shape index (κ2) is 6.36. The third-order valence-corrected chi connectivity index (χ3v) is 4.25. The van der Waals surface area contributed by atoms with Gasteiger partial charge in [-0.2, -0.15) is 0 Å². The van der Waals surface area contributed by atoms with Gasteiger partial charge in [0.25, 0.3) is 5.91 Å². The predicted molar refractivity (Wildman–Crippen MR) is 82.9 cm³/mol. The highest BCUT2D eigenvalue weighted by Gasteiger charge is 2.38. The highest BCUT2D eigenvalue weighted by atomic mass is 32.2. The molecule has 0 radical (unpaired) electrons. The van der Waals surface area contributed by atoms with Crippen LogP contribution >= 0.6 is 24.0 Å². The number of amides is 1. The molecule has 0 bridgehead atoms. The van der Waals surface area contributed by atoms with Crippen LogP contribution in [-0.2, 0) is 14.3 Å². The molecule has 0 aliphatic carbocycles. The topological polar surface area (TPSA) is 46.6 Å². The van der Waals surface area contributed by atoms with Crippen molar-refractivity contribution in [3.63, 3.8) is 0 Å². The number of hydrogen-bond acceptors (Lipinski definition) is 5. The lowest BCUT2D eigenvalue weighted by atomic mass is 10.2. The number of esters is 1. The van der Waals surface area contributed by atoms with E-state index in [9.17, 15) is 14.0 Å². The summed E-state index contributed by atoms with van der Waals surface area (Å²) in [6.07, 6.45) is 1.61. The third-order valence-electron chi connectivity index (χ3n) is 2.92. The molecule has 4 nitrogen and oxygen atoms in total. The van der Waals surface area contributed by atoms with Crippen LogP contribution in [0.5, 0.6) is 0 Å². The van der Waals surface area contributed by atoms with E-state index in [1.54, 1.807) is 25.1 Å². The van der Waals surface area contributed by atoms with Gasteiger partial charge >= 0.3 is 5.97 Å². The van der Waals surface area contributed by atoms with Gasteiger partial charge in [0.1, 0.15) is 16.2 Å². The van der Waals surface area contributed by atoms with E-state index in [2.05, 4.69) is 4.74 Å². The van der Waals surface area contributed by atoms with Crippen molar-refractivity contribution in [2.24, 2.45) is 0 Å². The van der Waals surface area contributed by atoms with E-state index >= 15 is 0 Å². The molecule has 0 aromatic heterocycles. The van der Waals surface area contributed by atoms with Gasteiger partial charge in [-0.15, -0.1) is 0 Å². The number of thiocarbonyl (C=S) groups is 1. The summed E-state index contributed by atoms with van der Waals surface area (Å²) in [5, 5.41) is 0. The van der Waals surface area contributed by atoms with E-state index in [1.165, 1.54) is 24.1 Å². The highest BCUT2D eigenvalue weighted by Crippen LogP contribution is 2.34. The molecule has 0 unspecified atom stereocenters. The number of thioether (sulfide) groups is 1. The lowest BCUT2D eigenvalue weighted by Gasteiger charge is -2.20. The van der Waals surface area contributed by atoms with Crippen LogP contribution in [0.2, 0.25) is 0 Å². The van der Waals surface area contributed by atoms with Crippen LogP contribution < -0.4 is 0 Å². The molecule has 1 aliphatic rings. The van der Waals surface area contributed by atoms with E-state index in [0.717, 1.165) is 11.8 Å². The van der Waals surface area contributed by atoms with Gasteiger partial charge in [-0.05, 0) is 30.7 Å². The summed E-state index contributed by atoms with van der Waals surface area (Å²) in [6, 6.07) is 4.96. The Balaban J connectivity index is 2.25. The number of nitrogens with zero attached hydrogens (tertiary/aromatic N) is 1. The average molecular weight is 325 g/mol. The second-order valence-corrected chi connectivity index (χ2v) is 5.98. The summed E-state index contributed by atoms with van der Waals surface area (Å²) < 4.78 is 17.8. The number of rotatable bonds is 3. The lowest BCUT2D eigenvalue weighted by molar-refractivity contribution is -0.147. The quantitative estimate of drug-likeness (QED) is 0.486. The minimum Gasteiger partial charge on any atom is -0.467 e. The van der Waals surface area contributed by atoms with Crippen molar-refractivity contribution in [1.29, 1.82) is 0 Å². The number of benzene rings is 1. The smallest absolute Gasteiger partial charge is 0.328 e. The van der Waals surface area contributed by atoms with Gasteiger partial charge in [0.05, 0.1) is 12.0 Å². The largest absolute Gasteiger partial charge is 0.467 e. The van der Waals surface area contributed by atoms with E-state index < -0.39 is 12.0 Å². The molecule has 1 saturated heterocycles. The van der Waals surface area contributed by atoms with Gasteiger partial charge in [-0.1, -0.05) is 36.1 Å². The highest BCUT2D eigenvalue weighted by molar-refractivity contribution is 8.26. The van der Waals surface area contributed by atoms with Gasteiger partial charge in [0, 0.05) is 0 Å². The van der Waals surface area contributed by atoms with Crippen LogP contribution in [-0.4, -0.2) is 34.2 Å². The van der Waals surface area contributed by atoms with Crippen molar-refractivity contribution in [1.82, 2.24) is 4.90 Å². The number of carbonyl (C=O) groups is 2. The minimum atomic E-state index is -0.776. The zero-order valence-corrected chi connectivity index (χ0v) is 13.0. The molecule has 1 aromatic rings. The molecule has 0 spiro atoms. The molecule has 21 heavy (non-hydrogen) atoms. The molecular formula is C14H12FNO3S2. The van der Waals surface area contributed by atoms with Crippen LogP contribution in [0.3, 0.4) is 0 Å². The van der Waals surface area contributed by atoms with Crippen molar-refractivity contribution in [2.45, 2.75) is 13.0 Å². The van der Waals surface area contributed by atoms with Gasteiger partial charge in [-0.25, -0.2) is 9.18 Å². The Morgan fingerprint density at radius 1 is 1.43 bits per heavy atom. The average Bonchev–Trinajstić information content (AvgIpc) is 2.74. The molecule has 1 aromatic carbocycles. The molecule has 2 rings (SSSR count). The van der Waals surface area contributed by atoms with Crippen LogP contribution in [0.25, 0.3) is 6.08 Å². The third kappa shape index (κ3) is 3.30. The van der Waals surface area contributed by atoms with Gasteiger partial charge in [-0.3, -0.25) is 9.69 Å². The van der Waals surface area contributed by atoms with Crippen LogP contribution in [0.1, 0.15) is 12.5 Å². The summed E-state index contributed by atoms with van der Waals surface area (Å²) >= 11 is 6.24. The van der Waals surface area contributed by atoms with Crippen molar-refractivity contribution >= 4 is 46.3 Å². The standard InChI is InChI=1S/C14H12FNO3S2/c1-8(13(18)19-2)16-12(17)11(21-14(16)20)7-9-3-5-10(15)6-4-9/h3-8H,1-2H3/b11-7+/t8-/m1/s1. The maximum atomic E-state index is 12.9. The Kier molecular flexibility index (Phi) is 4.74. The molecule has 0 saturated carbocycles. The first-order chi connectivity index (χ1) is 9.93. The normalized spacial score (nSPS) is 18.2. The molecule has 110 valence electrons. The molecule has 1 amide bonds. The van der Waals surface area contributed by atoms with E-state index in [0.29, 0.717) is 14.8 Å². The molecule has 7 heteroatoms. The van der Waals surface area contributed by atoms with Gasteiger partial charge in [0.15, 0.2) is 0 Å². The maximum Gasteiger partial charge on any atom is 0.328 e. The zero-order valence-electron chi connectivity index (χ0n) is 11.3. The Hall–Kier alpha value is -1.73. The Morgan fingerprint density at radius 3 is 2.62 bits per heavy atom. The van der Waals surface area contributed by atoms with Crippen molar-refractivity contribution in [3.05, 3.63) is 40.6 Å². The lowest BCUT2D eigenvalue weighted by Crippen LogP contribution is -2.42. The van der Waals surface area contributed by atoms with Crippen LogP contribution in [0.15, 0.2) is 29.2 Å². The van der Waals surface area contributed by atoms with Gasteiger partial charge < -0.3 is 4.74 Å². The first-order valence-electron chi connectivity index (χ1n) is 6.04. The molecule has 1 heterocycles. The summed E-state index contributed by atoms with van der Waals surface area (Å²) in [5.74, 6) is -1.24. The Labute approximate surface area is 130 Å². The number of halogens is 1. The molecular weight excluding hydrogens is 313 g/mol. The first kappa shape index (κ1) is 15.7. The minimum absolute atomic E-state index is 0.297. The summed E-state index contributed by atoms with van der Waals surface area (Å²) in [6.45, 7) is 1.55.